The monoisotopic (exact) mass is 331 g/mol. The molecular formula is C16H17N3O5. The highest BCUT2D eigenvalue weighted by atomic mass is 16.5. The van der Waals surface area contributed by atoms with Gasteiger partial charge in [-0.25, -0.2) is 14.3 Å². The number of benzene rings is 1. The number of ether oxygens (including phenoxy) is 2. The number of carbonyl (C=O) groups is 3. The molecule has 1 aromatic carbocycles. The highest BCUT2D eigenvalue weighted by molar-refractivity contribution is 5.98. The second-order valence-corrected chi connectivity index (χ2v) is 4.87. The van der Waals surface area contributed by atoms with Crippen molar-refractivity contribution in [3.63, 3.8) is 0 Å². The molecule has 8 heteroatoms. The Labute approximate surface area is 138 Å². The number of hydrogen-bond donors (Lipinski definition) is 1. The molecule has 1 heterocycles. The van der Waals surface area contributed by atoms with Crippen molar-refractivity contribution >= 4 is 17.8 Å². The fourth-order valence-corrected chi connectivity index (χ4v) is 2.02. The predicted molar refractivity (Wildman–Crippen MR) is 83.8 cm³/mol. The summed E-state index contributed by atoms with van der Waals surface area (Å²) in [5.74, 6) is -1.82. The average Bonchev–Trinajstić information content (AvgIpc) is 3.06. The van der Waals surface area contributed by atoms with Crippen LogP contribution in [0.5, 0.6) is 0 Å². The quantitative estimate of drug-likeness (QED) is 0.819. The van der Waals surface area contributed by atoms with Crippen molar-refractivity contribution in [1.29, 1.82) is 0 Å². The van der Waals surface area contributed by atoms with E-state index in [0.717, 1.165) is 0 Å². The minimum absolute atomic E-state index is 0.0165. The number of nitrogens with zero attached hydrogens (tertiary/aromatic N) is 2. The number of esters is 2. The van der Waals surface area contributed by atoms with E-state index in [0.29, 0.717) is 5.69 Å². The molecule has 0 fully saturated rings. The molecule has 0 saturated carbocycles. The molecule has 8 nitrogen and oxygen atoms in total. The standard InChI is InChI=1S/C16H17N3O5/c1-10(15(21)23-2)17-14(20)13-9-12(16(22)24-3)18-19(13)11-7-5-4-6-8-11/h4-10H,1-3H3,(H,17,20)/t10-/m1/s1. The normalized spacial score (nSPS) is 11.5. The molecule has 1 atom stereocenters. The lowest BCUT2D eigenvalue weighted by Crippen LogP contribution is -2.39. The van der Waals surface area contributed by atoms with Gasteiger partial charge in [-0.2, -0.15) is 5.10 Å². The van der Waals surface area contributed by atoms with Crippen molar-refractivity contribution in [2.24, 2.45) is 0 Å². The molecule has 1 N–H and O–H groups in total. The summed E-state index contributed by atoms with van der Waals surface area (Å²) in [6.07, 6.45) is 0. The van der Waals surface area contributed by atoms with Gasteiger partial charge in [0, 0.05) is 6.07 Å². The first-order valence-electron chi connectivity index (χ1n) is 7.10. The van der Waals surface area contributed by atoms with Crippen LogP contribution in [0.15, 0.2) is 36.4 Å². The molecule has 0 unspecified atom stereocenters. The van der Waals surface area contributed by atoms with Gasteiger partial charge in [0.25, 0.3) is 5.91 Å². The summed E-state index contributed by atoms with van der Waals surface area (Å²) >= 11 is 0. The van der Waals surface area contributed by atoms with Crippen LogP contribution in [0.25, 0.3) is 5.69 Å². The fourth-order valence-electron chi connectivity index (χ4n) is 2.02. The maximum atomic E-state index is 12.5. The Morgan fingerprint density at radius 3 is 2.38 bits per heavy atom. The maximum Gasteiger partial charge on any atom is 0.358 e. The van der Waals surface area contributed by atoms with Crippen molar-refractivity contribution in [2.75, 3.05) is 14.2 Å². The van der Waals surface area contributed by atoms with Crippen LogP contribution in [0.1, 0.15) is 27.9 Å². The van der Waals surface area contributed by atoms with Crippen molar-refractivity contribution in [2.45, 2.75) is 13.0 Å². The first kappa shape index (κ1) is 17.2. The largest absolute Gasteiger partial charge is 0.467 e. The van der Waals surface area contributed by atoms with Crippen molar-refractivity contribution in [3.05, 3.63) is 47.8 Å². The molecule has 0 aliphatic carbocycles. The Morgan fingerprint density at radius 1 is 1.12 bits per heavy atom. The lowest BCUT2D eigenvalue weighted by atomic mass is 10.2. The smallest absolute Gasteiger partial charge is 0.358 e. The van der Waals surface area contributed by atoms with E-state index in [4.69, 9.17) is 0 Å². The van der Waals surface area contributed by atoms with E-state index in [2.05, 4.69) is 19.9 Å². The SMILES string of the molecule is COC(=O)c1cc(C(=O)N[C@H](C)C(=O)OC)n(-c2ccccc2)n1. The summed E-state index contributed by atoms with van der Waals surface area (Å²) in [7, 11) is 2.46. The molecule has 0 aliphatic rings. The van der Waals surface area contributed by atoms with Gasteiger partial charge in [0.15, 0.2) is 5.69 Å². The molecule has 24 heavy (non-hydrogen) atoms. The van der Waals surface area contributed by atoms with Crippen LogP contribution in [0.4, 0.5) is 0 Å². The molecule has 1 aromatic heterocycles. The summed E-state index contributed by atoms with van der Waals surface area (Å²) < 4.78 is 10.5. The van der Waals surface area contributed by atoms with E-state index < -0.39 is 23.9 Å². The molecule has 2 aromatic rings. The number of rotatable bonds is 5. The summed E-state index contributed by atoms with van der Waals surface area (Å²) in [6.45, 7) is 1.49. The molecule has 0 bridgehead atoms. The van der Waals surface area contributed by atoms with E-state index in [-0.39, 0.29) is 11.4 Å². The number of amides is 1. The molecule has 0 radical (unpaired) electrons. The third-order valence-electron chi connectivity index (χ3n) is 3.24. The van der Waals surface area contributed by atoms with Gasteiger partial charge in [-0.1, -0.05) is 18.2 Å². The summed E-state index contributed by atoms with van der Waals surface area (Å²) in [6, 6.07) is 9.28. The maximum absolute atomic E-state index is 12.5. The summed E-state index contributed by atoms with van der Waals surface area (Å²) in [5, 5.41) is 6.61. The Bertz CT molecular complexity index is 754. The van der Waals surface area contributed by atoms with Crippen LogP contribution < -0.4 is 5.32 Å². The van der Waals surface area contributed by atoms with Crippen LogP contribution in [0.2, 0.25) is 0 Å². The molecular weight excluding hydrogens is 314 g/mol. The van der Waals surface area contributed by atoms with Gasteiger partial charge in [0.05, 0.1) is 19.9 Å². The van der Waals surface area contributed by atoms with E-state index in [1.807, 2.05) is 6.07 Å². The van der Waals surface area contributed by atoms with Crippen molar-refractivity contribution in [3.8, 4) is 5.69 Å². The van der Waals surface area contributed by atoms with Gasteiger partial charge in [-0.15, -0.1) is 0 Å². The molecule has 126 valence electrons. The van der Waals surface area contributed by atoms with Crippen molar-refractivity contribution in [1.82, 2.24) is 15.1 Å². The topological polar surface area (TPSA) is 99.5 Å². The van der Waals surface area contributed by atoms with Gasteiger partial charge in [0.2, 0.25) is 0 Å². The van der Waals surface area contributed by atoms with Gasteiger partial charge < -0.3 is 14.8 Å². The van der Waals surface area contributed by atoms with E-state index in [1.165, 1.54) is 31.9 Å². The lowest BCUT2D eigenvalue weighted by Gasteiger charge is -2.12. The number of aromatic nitrogens is 2. The third-order valence-corrected chi connectivity index (χ3v) is 3.24. The first-order chi connectivity index (χ1) is 11.5. The number of hydrogen-bond acceptors (Lipinski definition) is 6. The zero-order valence-electron chi connectivity index (χ0n) is 13.5. The zero-order valence-corrected chi connectivity index (χ0v) is 13.5. The first-order valence-corrected chi connectivity index (χ1v) is 7.10. The second kappa shape index (κ2) is 7.40. The van der Waals surface area contributed by atoms with E-state index in [1.54, 1.807) is 24.3 Å². The number of nitrogens with one attached hydrogen (secondary N) is 1. The number of carbonyl (C=O) groups excluding carboxylic acids is 3. The zero-order chi connectivity index (χ0) is 17.7. The van der Waals surface area contributed by atoms with Crippen LogP contribution >= 0.6 is 0 Å². The Balaban J connectivity index is 2.40. The van der Waals surface area contributed by atoms with Gasteiger partial charge in [-0.05, 0) is 19.1 Å². The van der Waals surface area contributed by atoms with Gasteiger partial charge in [-0.3, -0.25) is 4.79 Å². The molecule has 0 aliphatic heterocycles. The Kier molecular flexibility index (Phi) is 5.31. The lowest BCUT2D eigenvalue weighted by molar-refractivity contribution is -0.142. The minimum Gasteiger partial charge on any atom is -0.467 e. The average molecular weight is 331 g/mol. The predicted octanol–water partition coefficient (Wildman–Crippen LogP) is 0.950. The highest BCUT2D eigenvalue weighted by Gasteiger charge is 2.23. The molecule has 2 rings (SSSR count). The van der Waals surface area contributed by atoms with Crippen LogP contribution in [0.3, 0.4) is 0 Å². The van der Waals surface area contributed by atoms with Crippen molar-refractivity contribution < 1.29 is 23.9 Å². The van der Waals surface area contributed by atoms with Gasteiger partial charge in [0.1, 0.15) is 11.7 Å². The fraction of sp³-hybridized carbons (Fsp3) is 0.250. The van der Waals surface area contributed by atoms with E-state index in [9.17, 15) is 14.4 Å². The number of para-hydroxylation sites is 1. The van der Waals surface area contributed by atoms with Crippen LogP contribution in [0, 0.1) is 0 Å². The highest BCUT2D eigenvalue weighted by Crippen LogP contribution is 2.14. The van der Waals surface area contributed by atoms with Gasteiger partial charge >= 0.3 is 11.9 Å². The Morgan fingerprint density at radius 2 is 1.79 bits per heavy atom. The molecule has 0 spiro atoms. The van der Waals surface area contributed by atoms with Crippen LogP contribution in [-0.2, 0) is 14.3 Å². The molecule has 0 saturated heterocycles. The van der Waals surface area contributed by atoms with E-state index >= 15 is 0 Å². The second-order valence-electron chi connectivity index (χ2n) is 4.87. The minimum atomic E-state index is -0.844. The van der Waals surface area contributed by atoms with Crippen LogP contribution in [-0.4, -0.2) is 47.9 Å². The summed E-state index contributed by atoms with van der Waals surface area (Å²) in [4.78, 5) is 35.6. The Hall–Kier alpha value is -3.16. The summed E-state index contributed by atoms with van der Waals surface area (Å²) in [5.41, 5.74) is 0.665. The molecule has 1 amide bonds. The third kappa shape index (κ3) is 3.60. The number of methoxy groups -OCH3 is 2.